The number of amides is 1. The highest BCUT2D eigenvalue weighted by molar-refractivity contribution is 7.14. The van der Waals surface area contributed by atoms with Gasteiger partial charge in [0.1, 0.15) is 0 Å². The smallest absolute Gasteiger partial charge is 0.264 e. The van der Waals surface area contributed by atoms with Gasteiger partial charge in [-0.05, 0) is 12.1 Å². The predicted molar refractivity (Wildman–Crippen MR) is 79.2 cm³/mol. The number of nitrogens with zero attached hydrogens (tertiary/aromatic N) is 2. The monoisotopic (exact) mass is 295 g/mol. The molecule has 0 aromatic carbocycles. The van der Waals surface area contributed by atoms with E-state index in [1.807, 2.05) is 11.0 Å². The molecule has 1 N–H and O–H groups in total. The van der Waals surface area contributed by atoms with Crippen molar-refractivity contribution in [3.05, 3.63) is 21.9 Å². The summed E-state index contributed by atoms with van der Waals surface area (Å²) >= 11 is 1.63. The van der Waals surface area contributed by atoms with Gasteiger partial charge in [-0.3, -0.25) is 9.69 Å². The van der Waals surface area contributed by atoms with Crippen LogP contribution in [-0.4, -0.2) is 68.2 Å². The SMILES string of the molecule is O=C(c1ccc(CN2CCOCC2)s1)N1CCNCC1. The van der Waals surface area contributed by atoms with Crippen LogP contribution in [0.1, 0.15) is 14.5 Å². The van der Waals surface area contributed by atoms with Crippen LogP contribution in [-0.2, 0) is 11.3 Å². The van der Waals surface area contributed by atoms with Gasteiger partial charge in [-0.2, -0.15) is 0 Å². The Hall–Kier alpha value is -0.950. The molecule has 1 aromatic rings. The summed E-state index contributed by atoms with van der Waals surface area (Å²) in [4.78, 5) is 18.8. The van der Waals surface area contributed by atoms with Gasteiger partial charge < -0.3 is 15.0 Å². The van der Waals surface area contributed by atoms with E-state index in [1.165, 1.54) is 4.88 Å². The number of carbonyl (C=O) groups excluding carboxylic acids is 1. The molecule has 2 saturated heterocycles. The standard InChI is InChI=1S/C14H21N3O2S/c18-14(17-5-3-15-4-6-17)13-2-1-12(20-13)11-16-7-9-19-10-8-16/h1-2,15H,3-11H2. The predicted octanol–water partition coefficient (Wildman–Crippen LogP) is 0.626. The zero-order chi connectivity index (χ0) is 13.8. The van der Waals surface area contributed by atoms with Crippen LogP contribution in [0.2, 0.25) is 0 Å². The zero-order valence-electron chi connectivity index (χ0n) is 11.6. The molecule has 20 heavy (non-hydrogen) atoms. The molecule has 0 saturated carbocycles. The van der Waals surface area contributed by atoms with E-state index >= 15 is 0 Å². The quantitative estimate of drug-likeness (QED) is 0.888. The highest BCUT2D eigenvalue weighted by atomic mass is 32.1. The lowest BCUT2D eigenvalue weighted by molar-refractivity contribution is 0.0346. The Morgan fingerprint density at radius 3 is 2.70 bits per heavy atom. The minimum absolute atomic E-state index is 0.185. The molecular formula is C14H21N3O2S. The first-order valence-electron chi connectivity index (χ1n) is 7.22. The van der Waals surface area contributed by atoms with Gasteiger partial charge in [-0.25, -0.2) is 0 Å². The first kappa shape index (κ1) is 14.0. The molecule has 0 spiro atoms. The molecule has 2 aliphatic heterocycles. The van der Waals surface area contributed by atoms with E-state index in [0.29, 0.717) is 0 Å². The highest BCUT2D eigenvalue weighted by Gasteiger charge is 2.20. The molecule has 0 radical (unpaired) electrons. The van der Waals surface area contributed by atoms with Gasteiger partial charge in [0.05, 0.1) is 18.1 Å². The molecule has 5 nitrogen and oxygen atoms in total. The van der Waals surface area contributed by atoms with E-state index in [9.17, 15) is 4.79 Å². The van der Waals surface area contributed by atoms with Crippen LogP contribution >= 0.6 is 11.3 Å². The maximum absolute atomic E-state index is 12.4. The molecule has 110 valence electrons. The number of piperazine rings is 1. The van der Waals surface area contributed by atoms with Crippen molar-refractivity contribution in [2.75, 3.05) is 52.5 Å². The largest absolute Gasteiger partial charge is 0.379 e. The Morgan fingerprint density at radius 2 is 1.95 bits per heavy atom. The lowest BCUT2D eigenvalue weighted by Gasteiger charge is -2.27. The average Bonchev–Trinajstić information content (AvgIpc) is 2.97. The van der Waals surface area contributed by atoms with E-state index in [2.05, 4.69) is 16.3 Å². The highest BCUT2D eigenvalue weighted by Crippen LogP contribution is 2.20. The summed E-state index contributed by atoms with van der Waals surface area (Å²) in [5.41, 5.74) is 0. The van der Waals surface area contributed by atoms with Crippen molar-refractivity contribution < 1.29 is 9.53 Å². The van der Waals surface area contributed by atoms with Crippen molar-refractivity contribution in [3.8, 4) is 0 Å². The van der Waals surface area contributed by atoms with E-state index in [0.717, 1.165) is 63.9 Å². The number of morpholine rings is 1. The fraction of sp³-hybridized carbons (Fsp3) is 0.643. The van der Waals surface area contributed by atoms with Gasteiger partial charge in [0.25, 0.3) is 5.91 Å². The van der Waals surface area contributed by atoms with Gasteiger partial charge in [0.15, 0.2) is 0 Å². The molecule has 0 unspecified atom stereocenters. The van der Waals surface area contributed by atoms with E-state index < -0.39 is 0 Å². The van der Waals surface area contributed by atoms with Gasteiger partial charge in [-0.15, -0.1) is 11.3 Å². The normalized spacial score (nSPS) is 21.1. The summed E-state index contributed by atoms with van der Waals surface area (Å²) in [5.74, 6) is 0.185. The van der Waals surface area contributed by atoms with Crippen LogP contribution in [0.15, 0.2) is 12.1 Å². The van der Waals surface area contributed by atoms with Crippen LogP contribution in [0.5, 0.6) is 0 Å². The van der Waals surface area contributed by atoms with E-state index in [-0.39, 0.29) is 5.91 Å². The molecule has 1 amide bonds. The number of rotatable bonds is 3. The van der Waals surface area contributed by atoms with Crippen LogP contribution in [0, 0.1) is 0 Å². The zero-order valence-corrected chi connectivity index (χ0v) is 12.5. The number of ether oxygens (including phenoxy) is 1. The first-order valence-corrected chi connectivity index (χ1v) is 8.03. The molecule has 3 rings (SSSR count). The lowest BCUT2D eigenvalue weighted by atomic mass is 10.3. The number of nitrogens with one attached hydrogen (secondary N) is 1. The van der Waals surface area contributed by atoms with Crippen LogP contribution in [0.3, 0.4) is 0 Å². The minimum Gasteiger partial charge on any atom is -0.379 e. The second-order valence-electron chi connectivity index (χ2n) is 5.20. The third-order valence-corrected chi connectivity index (χ3v) is 4.82. The van der Waals surface area contributed by atoms with E-state index in [1.54, 1.807) is 11.3 Å². The van der Waals surface area contributed by atoms with Crippen molar-refractivity contribution in [2.45, 2.75) is 6.54 Å². The Balaban J connectivity index is 1.59. The van der Waals surface area contributed by atoms with Crippen LogP contribution in [0.25, 0.3) is 0 Å². The minimum atomic E-state index is 0.185. The lowest BCUT2D eigenvalue weighted by Crippen LogP contribution is -2.46. The Kier molecular flexibility index (Phi) is 4.67. The topological polar surface area (TPSA) is 44.8 Å². The molecule has 2 fully saturated rings. The maximum Gasteiger partial charge on any atom is 0.264 e. The van der Waals surface area contributed by atoms with Gasteiger partial charge in [0.2, 0.25) is 0 Å². The van der Waals surface area contributed by atoms with Gasteiger partial charge >= 0.3 is 0 Å². The summed E-state index contributed by atoms with van der Waals surface area (Å²) in [6, 6.07) is 4.07. The van der Waals surface area contributed by atoms with Crippen LogP contribution in [0.4, 0.5) is 0 Å². The van der Waals surface area contributed by atoms with Crippen molar-refractivity contribution in [2.24, 2.45) is 0 Å². The molecule has 0 bridgehead atoms. The molecule has 2 aliphatic rings. The maximum atomic E-state index is 12.4. The van der Waals surface area contributed by atoms with Crippen molar-refractivity contribution in [1.82, 2.24) is 15.1 Å². The first-order chi connectivity index (χ1) is 9.83. The van der Waals surface area contributed by atoms with Crippen molar-refractivity contribution in [1.29, 1.82) is 0 Å². The summed E-state index contributed by atoms with van der Waals surface area (Å²) < 4.78 is 5.36. The van der Waals surface area contributed by atoms with Crippen molar-refractivity contribution >= 4 is 17.2 Å². The fourth-order valence-electron chi connectivity index (χ4n) is 2.58. The van der Waals surface area contributed by atoms with Crippen LogP contribution < -0.4 is 5.32 Å². The number of carbonyl (C=O) groups is 1. The number of hydrogen-bond donors (Lipinski definition) is 1. The van der Waals surface area contributed by atoms with Gasteiger partial charge in [0, 0.05) is 50.7 Å². The molecular weight excluding hydrogens is 274 g/mol. The molecule has 1 aromatic heterocycles. The third kappa shape index (κ3) is 3.38. The summed E-state index contributed by atoms with van der Waals surface area (Å²) in [7, 11) is 0. The summed E-state index contributed by atoms with van der Waals surface area (Å²) in [5, 5.41) is 3.27. The second kappa shape index (κ2) is 6.67. The third-order valence-electron chi connectivity index (χ3n) is 3.76. The van der Waals surface area contributed by atoms with E-state index in [4.69, 9.17) is 4.74 Å². The average molecular weight is 295 g/mol. The molecule has 3 heterocycles. The Morgan fingerprint density at radius 1 is 1.20 bits per heavy atom. The molecule has 0 atom stereocenters. The Labute approximate surface area is 123 Å². The Bertz CT molecular complexity index is 451. The molecule has 6 heteroatoms. The van der Waals surface area contributed by atoms with Gasteiger partial charge in [-0.1, -0.05) is 0 Å². The number of thiophene rings is 1. The summed E-state index contributed by atoms with van der Waals surface area (Å²) in [6.45, 7) is 7.97. The number of hydrogen-bond acceptors (Lipinski definition) is 5. The fourth-order valence-corrected chi connectivity index (χ4v) is 3.60. The summed E-state index contributed by atoms with van der Waals surface area (Å²) in [6.07, 6.45) is 0. The van der Waals surface area contributed by atoms with Crippen molar-refractivity contribution in [3.63, 3.8) is 0 Å². The molecule has 0 aliphatic carbocycles. The second-order valence-corrected chi connectivity index (χ2v) is 6.37.